The molecule has 0 heterocycles. The number of carbonyl (C=O) groups excluding carboxylic acids is 3. The molecule has 6 nitrogen and oxygen atoms in total. The van der Waals surface area contributed by atoms with E-state index in [1.165, 1.54) is 37.1 Å². The first kappa shape index (κ1) is 20.0. The molecular formula is C17H23ClN2O4. The molecule has 0 aromatic heterocycles. The number of methoxy groups -OCH3 is 1. The molecule has 0 bridgehead atoms. The fourth-order valence-electron chi connectivity index (χ4n) is 2.12. The minimum absolute atomic E-state index is 0.130. The summed E-state index contributed by atoms with van der Waals surface area (Å²) in [5, 5.41) is 3.12. The minimum atomic E-state index is -0.520. The highest BCUT2D eigenvalue weighted by atomic mass is 35.5. The number of benzene rings is 1. The zero-order chi connectivity index (χ0) is 18.1. The number of carbonyl (C=O) groups is 3. The summed E-state index contributed by atoms with van der Waals surface area (Å²) in [6.07, 6.45) is 2.06. The van der Waals surface area contributed by atoms with Crippen LogP contribution in [0.25, 0.3) is 0 Å². The summed E-state index contributed by atoms with van der Waals surface area (Å²) in [7, 11) is 1.28. The molecular weight excluding hydrogens is 332 g/mol. The highest BCUT2D eigenvalue weighted by molar-refractivity contribution is 6.34. The lowest BCUT2D eigenvalue weighted by molar-refractivity contribution is -0.121. The molecule has 1 N–H and O–H groups in total. The third kappa shape index (κ3) is 5.85. The normalized spacial score (nSPS) is 10.2. The van der Waals surface area contributed by atoms with Crippen LogP contribution in [0.15, 0.2) is 18.2 Å². The van der Waals surface area contributed by atoms with Gasteiger partial charge >= 0.3 is 5.97 Å². The number of anilines is 1. The standard InChI is InChI=1S/C17H23ClN2O4/c1-4-5-9-19-16(22)8-10-20(12(2)21)15-11-13(17(23)24-3)6-7-14(15)18/h6-7,11H,4-5,8-10H2,1-3H3,(H,19,22). The lowest BCUT2D eigenvalue weighted by Gasteiger charge is -2.22. The molecule has 7 heteroatoms. The van der Waals surface area contributed by atoms with Gasteiger partial charge in [-0.05, 0) is 24.6 Å². The highest BCUT2D eigenvalue weighted by Crippen LogP contribution is 2.27. The average molecular weight is 355 g/mol. The number of ether oxygens (including phenoxy) is 1. The molecule has 0 atom stereocenters. The Morgan fingerprint density at radius 1 is 1.29 bits per heavy atom. The zero-order valence-electron chi connectivity index (χ0n) is 14.2. The Balaban J connectivity index is 2.86. The lowest BCUT2D eigenvalue weighted by Crippen LogP contribution is -2.34. The molecule has 0 radical (unpaired) electrons. The van der Waals surface area contributed by atoms with E-state index >= 15 is 0 Å². The van der Waals surface area contributed by atoms with E-state index in [0.717, 1.165) is 12.8 Å². The van der Waals surface area contributed by atoms with E-state index in [0.29, 0.717) is 17.3 Å². The number of esters is 1. The van der Waals surface area contributed by atoms with Crippen LogP contribution in [0.5, 0.6) is 0 Å². The van der Waals surface area contributed by atoms with E-state index < -0.39 is 5.97 Å². The van der Waals surface area contributed by atoms with Gasteiger partial charge in [-0.2, -0.15) is 0 Å². The summed E-state index contributed by atoms with van der Waals surface area (Å²) < 4.78 is 4.67. The van der Waals surface area contributed by atoms with Crippen molar-refractivity contribution in [2.24, 2.45) is 0 Å². The Morgan fingerprint density at radius 2 is 2.00 bits per heavy atom. The summed E-state index contributed by atoms with van der Waals surface area (Å²) in [6, 6.07) is 4.54. The van der Waals surface area contributed by atoms with Crippen molar-refractivity contribution in [3.05, 3.63) is 28.8 Å². The predicted octanol–water partition coefficient (Wildman–Crippen LogP) is 2.79. The molecule has 0 saturated carbocycles. The molecule has 0 saturated heterocycles. The van der Waals surface area contributed by atoms with Crippen LogP contribution in [-0.4, -0.2) is 38.0 Å². The Morgan fingerprint density at radius 3 is 2.58 bits per heavy atom. The predicted molar refractivity (Wildman–Crippen MR) is 93.4 cm³/mol. The molecule has 0 aliphatic rings. The van der Waals surface area contributed by atoms with Crippen LogP contribution < -0.4 is 10.2 Å². The van der Waals surface area contributed by atoms with Crippen molar-refractivity contribution in [1.29, 1.82) is 0 Å². The molecule has 132 valence electrons. The van der Waals surface area contributed by atoms with Gasteiger partial charge in [-0.1, -0.05) is 24.9 Å². The van der Waals surface area contributed by atoms with Crippen molar-refractivity contribution < 1.29 is 19.1 Å². The summed E-state index contributed by atoms with van der Waals surface area (Å²) in [5.41, 5.74) is 0.670. The zero-order valence-corrected chi connectivity index (χ0v) is 15.0. The molecule has 1 aromatic rings. The molecule has 1 aromatic carbocycles. The van der Waals surface area contributed by atoms with Crippen LogP contribution in [0.3, 0.4) is 0 Å². The van der Waals surface area contributed by atoms with Crippen molar-refractivity contribution in [2.45, 2.75) is 33.1 Å². The van der Waals surface area contributed by atoms with Crippen LogP contribution in [0, 0.1) is 0 Å². The van der Waals surface area contributed by atoms with Crippen molar-refractivity contribution in [3.63, 3.8) is 0 Å². The molecule has 1 rings (SSSR count). The largest absolute Gasteiger partial charge is 0.465 e. The van der Waals surface area contributed by atoms with Gasteiger partial charge in [0.05, 0.1) is 23.4 Å². The van der Waals surface area contributed by atoms with E-state index in [9.17, 15) is 14.4 Å². The van der Waals surface area contributed by atoms with Crippen molar-refractivity contribution >= 4 is 35.1 Å². The third-order valence-corrected chi connectivity index (χ3v) is 3.77. The summed E-state index contributed by atoms with van der Waals surface area (Å²) >= 11 is 6.15. The highest BCUT2D eigenvalue weighted by Gasteiger charge is 2.18. The maximum absolute atomic E-state index is 11.9. The van der Waals surface area contributed by atoms with Gasteiger partial charge in [0, 0.05) is 26.4 Å². The molecule has 24 heavy (non-hydrogen) atoms. The molecule has 0 aliphatic carbocycles. The average Bonchev–Trinajstić information content (AvgIpc) is 2.55. The second kappa shape index (κ2) is 9.93. The Labute approximate surface area is 147 Å². The maximum atomic E-state index is 11.9. The number of nitrogens with one attached hydrogen (secondary N) is 1. The van der Waals surface area contributed by atoms with Crippen LogP contribution in [0.1, 0.15) is 43.5 Å². The number of hydrogen-bond donors (Lipinski definition) is 1. The lowest BCUT2D eigenvalue weighted by atomic mass is 10.1. The summed E-state index contributed by atoms with van der Waals surface area (Å²) in [5.74, 6) is -0.913. The molecule has 0 fully saturated rings. The second-order valence-corrected chi connectivity index (χ2v) is 5.69. The van der Waals surface area contributed by atoms with E-state index in [1.807, 2.05) is 6.92 Å². The smallest absolute Gasteiger partial charge is 0.337 e. The monoisotopic (exact) mass is 354 g/mol. The Bertz CT molecular complexity index is 604. The van der Waals surface area contributed by atoms with Crippen LogP contribution in [-0.2, 0) is 14.3 Å². The minimum Gasteiger partial charge on any atom is -0.465 e. The number of nitrogens with zero attached hydrogens (tertiary/aromatic N) is 1. The topological polar surface area (TPSA) is 75.7 Å². The van der Waals surface area contributed by atoms with Gasteiger partial charge in [-0.25, -0.2) is 4.79 Å². The first-order valence-electron chi connectivity index (χ1n) is 7.83. The fraction of sp³-hybridized carbons (Fsp3) is 0.471. The van der Waals surface area contributed by atoms with Gasteiger partial charge in [0.15, 0.2) is 0 Å². The van der Waals surface area contributed by atoms with Gasteiger partial charge in [-0.15, -0.1) is 0 Å². The van der Waals surface area contributed by atoms with Crippen molar-refractivity contribution in [2.75, 3.05) is 25.1 Å². The number of rotatable bonds is 8. The SMILES string of the molecule is CCCCNC(=O)CCN(C(C)=O)c1cc(C(=O)OC)ccc1Cl. The second-order valence-electron chi connectivity index (χ2n) is 5.28. The van der Waals surface area contributed by atoms with Gasteiger partial charge in [0.1, 0.15) is 0 Å². The number of amides is 2. The third-order valence-electron chi connectivity index (χ3n) is 3.45. The first-order valence-corrected chi connectivity index (χ1v) is 8.21. The maximum Gasteiger partial charge on any atom is 0.337 e. The summed E-state index contributed by atoms with van der Waals surface area (Å²) in [6.45, 7) is 4.22. The molecule has 0 spiro atoms. The van der Waals surface area contributed by atoms with Gasteiger partial charge < -0.3 is 15.0 Å². The van der Waals surface area contributed by atoms with Crippen LogP contribution >= 0.6 is 11.6 Å². The number of halogens is 1. The molecule has 0 aliphatic heterocycles. The Kier molecular flexibility index (Phi) is 8.26. The van der Waals surface area contributed by atoms with Crippen molar-refractivity contribution in [1.82, 2.24) is 5.32 Å². The van der Waals surface area contributed by atoms with E-state index in [-0.39, 0.29) is 30.3 Å². The van der Waals surface area contributed by atoms with Gasteiger partial charge in [0.2, 0.25) is 11.8 Å². The van der Waals surface area contributed by atoms with Crippen molar-refractivity contribution in [3.8, 4) is 0 Å². The fourth-order valence-corrected chi connectivity index (χ4v) is 2.34. The molecule has 0 unspecified atom stereocenters. The number of unbranched alkanes of at least 4 members (excludes halogenated alkanes) is 1. The van der Waals surface area contributed by atoms with E-state index in [4.69, 9.17) is 11.6 Å². The van der Waals surface area contributed by atoms with Gasteiger partial charge in [0.25, 0.3) is 0 Å². The van der Waals surface area contributed by atoms with Gasteiger partial charge in [-0.3, -0.25) is 9.59 Å². The van der Waals surface area contributed by atoms with E-state index in [1.54, 1.807) is 0 Å². The summed E-state index contributed by atoms with van der Waals surface area (Å²) in [4.78, 5) is 36.8. The van der Waals surface area contributed by atoms with Crippen LogP contribution in [0.2, 0.25) is 5.02 Å². The number of hydrogen-bond acceptors (Lipinski definition) is 4. The Hall–Kier alpha value is -2.08. The van der Waals surface area contributed by atoms with Crippen LogP contribution in [0.4, 0.5) is 5.69 Å². The van der Waals surface area contributed by atoms with E-state index in [2.05, 4.69) is 10.1 Å². The molecule has 2 amide bonds. The first-order chi connectivity index (χ1) is 11.4. The quantitative estimate of drug-likeness (QED) is 0.575.